The number of benzene rings is 1. The zero-order valence-electron chi connectivity index (χ0n) is 11.9. The number of methoxy groups -OCH3 is 1. The first-order chi connectivity index (χ1) is 8.36. The summed E-state index contributed by atoms with van der Waals surface area (Å²) in [4.78, 5) is 11.6. The van der Waals surface area contributed by atoms with Crippen LogP contribution >= 0.6 is 0 Å². The van der Waals surface area contributed by atoms with Crippen molar-refractivity contribution in [3.8, 4) is 0 Å². The molecule has 18 heavy (non-hydrogen) atoms. The van der Waals surface area contributed by atoms with Crippen molar-refractivity contribution in [2.45, 2.75) is 33.7 Å². The van der Waals surface area contributed by atoms with Crippen molar-refractivity contribution in [2.75, 3.05) is 13.7 Å². The Bertz CT molecular complexity index is 395. The summed E-state index contributed by atoms with van der Waals surface area (Å²) in [6.07, 6.45) is 0. The fraction of sp³-hybridized carbons (Fsp3) is 0.533. The molecule has 0 bridgehead atoms. The van der Waals surface area contributed by atoms with Crippen molar-refractivity contribution >= 4 is 5.97 Å². The number of nitrogens with one attached hydrogen (secondary N) is 1. The molecule has 0 fully saturated rings. The second-order valence-corrected chi connectivity index (χ2v) is 5.39. The summed E-state index contributed by atoms with van der Waals surface area (Å²) in [6, 6.07) is 8.63. The molecule has 3 heteroatoms. The molecular formula is C15H23NO2. The van der Waals surface area contributed by atoms with E-state index in [1.54, 1.807) is 0 Å². The average molecular weight is 249 g/mol. The maximum atomic E-state index is 11.6. The highest BCUT2D eigenvalue weighted by Gasteiger charge is 2.28. The van der Waals surface area contributed by atoms with Gasteiger partial charge in [0.05, 0.1) is 12.5 Å². The van der Waals surface area contributed by atoms with Gasteiger partial charge in [-0.1, -0.05) is 29.8 Å². The summed E-state index contributed by atoms with van der Waals surface area (Å²) >= 11 is 0. The Morgan fingerprint density at radius 1 is 1.33 bits per heavy atom. The summed E-state index contributed by atoms with van der Waals surface area (Å²) in [5.41, 5.74) is 1.97. The number of aryl methyl sites for hydroxylation is 1. The number of carbonyl (C=O) groups excluding carboxylic acids is 1. The number of hydrogen-bond acceptors (Lipinski definition) is 3. The van der Waals surface area contributed by atoms with E-state index in [0.29, 0.717) is 6.54 Å². The molecule has 1 N–H and O–H groups in total. The molecule has 0 aliphatic heterocycles. The number of hydrogen-bond donors (Lipinski definition) is 1. The molecule has 0 aromatic heterocycles. The second-order valence-electron chi connectivity index (χ2n) is 5.39. The van der Waals surface area contributed by atoms with Gasteiger partial charge in [-0.05, 0) is 33.3 Å². The monoisotopic (exact) mass is 249 g/mol. The van der Waals surface area contributed by atoms with Crippen LogP contribution in [0.3, 0.4) is 0 Å². The van der Waals surface area contributed by atoms with E-state index in [4.69, 9.17) is 4.74 Å². The molecule has 0 radical (unpaired) electrons. The zero-order chi connectivity index (χ0) is 13.8. The molecule has 1 rings (SSSR count). The van der Waals surface area contributed by atoms with Gasteiger partial charge in [-0.2, -0.15) is 0 Å². The van der Waals surface area contributed by atoms with Crippen molar-refractivity contribution in [3.05, 3.63) is 35.4 Å². The molecule has 0 aliphatic rings. The van der Waals surface area contributed by atoms with Gasteiger partial charge in [0, 0.05) is 12.6 Å². The molecule has 1 aromatic carbocycles. The lowest BCUT2D eigenvalue weighted by Crippen LogP contribution is -2.37. The number of carbonyl (C=O) groups is 1. The minimum absolute atomic E-state index is 0.189. The summed E-state index contributed by atoms with van der Waals surface area (Å²) in [5.74, 6) is -0.189. The Morgan fingerprint density at radius 3 is 2.39 bits per heavy atom. The van der Waals surface area contributed by atoms with E-state index >= 15 is 0 Å². The van der Waals surface area contributed by atoms with Crippen LogP contribution in [0.1, 0.15) is 37.9 Å². The van der Waals surface area contributed by atoms with Crippen LogP contribution in [0.2, 0.25) is 0 Å². The Morgan fingerprint density at radius 2 is 1.89 bits per heavy atom. The van der Waals surface area contributed by atoms with Gasteiger partial charge in [-0.15, -0.1) is 0 Å². The lowest BCUT2D eigenvalue weighted by Gasteiger charge is -2.24. The van der Waals surface area contributed by atoms with Gasteiger partial charge < -0.3 is 10.1 Å². The van der Waals surface area contributed by atoms with Crippen molar-refractivity contribution in [1.29, 1.82) is 0 Å². The third kappa shape index (κ3) is 3.84. The van der Waals surface area contributed by atoms with Crippen LogP contribution in [0.4, 0.5) is 0 Å². The van der Waals surface area contributed by atoms with Crippen molar-refractivity contribution in [3.63, 3.8) is 0 Å². The van der Waals surface area contributed by atoms with Crippen LogP contribution < -0.4 is 5.32 Å². The number of esters is 1. The highest BCUT2D eigenvalue weighted by Crippen LogP contribution is 2.19. The lowest BCUT2D eigenvalue weighted by molar-refractivity contribution is -0.150. The van der Waals surface area contributed by atoms with Crippen LogP contribution in [0, 0.1) is 12.3 Å². The summed E-state index contributed by atoms with van der Waals surface area (Å²) in [5, 5.41) is 3.37. The summed E-state index contributed by atoms with van der Waals surface area (Å²) in [7, 11) is 1.42. The van der Waals surface area contributed by atoms with E-state index < -0.39 is 5.41 Å². The van der Waals surface area contributed by atoms with E-state index in [9.17, 15) is 4.79 Å². The molecule has 1 aromatic rings. The van der Waals surface area contributed by atoms with Crippen molar-refractivity contribution < 1.29 is 9.53 Å². The third-order valence-electron chi connectivity index (χ3n) is 3.17. The molecule has 0 aliphatic carbocycles. The minimum Gasteiger partial charge on any atom is -0.469 e. The molecule has 0 amide bonds. The van der Waals surface area contributed by atoms with Crippen LogP contribution in [0.25, 0.3) is 0 Å². The SMILES string of the molecule is COC(=O)C(C)(C)CN[C@@H](C)c1ccc(C)cc1. The molecule has 0 spiro atoms. The van der Waals surface area contributed by atoms with Crippen LogP contribution in [-0.4, -0.2) is 19.6 Å². The first kappa shape index (κ1) is 14.7. The average Bonchev–Trinajstić information content (AvgIpc) is 2.35. The highest BCUT2D eigenvalue weighted by atomic mass is 16.5. The zero-order valence-corrected chi connectivity index (χ0v) is 11.9. The van der Waals surface area contributed by atoms with Crippen LogP contribution in [0.5, 0.6) is 0 Å². The largest absolute Gasteiger partial charge is 0.469 e. The summed E-state index contributed by atoms with van der Waals surface area (Å²) < 4.78 is 4.79. The predicted octanol–water partition coefficient (Wildman–Crippen LogP) is 2.84. The Balaban J connectivity index is 2.58. The lowest BCUT2D eigenvalue weighted by atomic mass is 9.93. The van der Waals surface area contributed by atoms with Crippen molar-refractivity contribution in [1.82, 2.24) is 5.32 Å². The van der Waals surface area contributed by atoms with Gasteiger partial charge in [0.25, 0.3) is 0 Å². The summed E-state index contributed by atoms with van der Waals surface area (Å²) in [6.45, 7) is 8.52. The van der Waals surface area contributed by atoms with E-state index in [2.05, 4.69) is 43.4 Å². The quantitative estimate of drug-likeness (QED) is 0.815. The van der Waals surface area contributed by atoms with E-state index in [1.165, 1.54) is 18.2 Å². The topological polar surface area (TPSA) is 38.3 Å². The van der Waals surface area contributed by atoms with Gasteiger partial charge in [0.1, 0.15) is 0 Å². The van der Waals surface area contributed by atoms with E-state index in [-0.39, 0.29) is 12.0 Å². The molecule has 3 nitrogen and oxygen atoms in total. The van der Waals surface area contributed by atoms with Gasteiger partial charge >= 0.3 is 5.97 Å². The minimum atomic E-state index is -0.506. The number of rotatable bonds is 5. The van der Waals surface area contributed by atoms with Crippen LogP contribution in [-0.2, 0) is 9.53 Å². The molecule has 0 heterocycles. The Kier molecular flexibility index (Phi) is 4.91. The van der Waals surface area contributed by atoms with E-state index in [0.717, 1.165) is 0 Å². The van der Waals surface area contributed by atoms with Gasteiger partial charge in [0.15, 0.2) is 0 Å². The van der Waals surface area contributed by atoms with Gasteiger partial charge in [0.2, 0.25) is 0 Å². The van der Waals surface area contributed by atoms with Crippen molar-refractivity contribution in [2.24, 2.45) is 5.41 Å². The molecule has 0 unspecified atom stereocenters. The Labute approximate surface area is 110 Å². The van der Waals surface area contributed by atoms with Crippen LogP contribution in [0.15, 0.2) is 24.3 Å². The fourth-order valence-electron chi connectivity index (χ4n) is 1.73. The van der Waals surface area contributed by atoms with Gasteiger partial charge in [-0.25, -0.2) is 0 Å². The second kappa shape index (κ2) is 6.01. The first-order valence-corrected chi connectivity index (χ1v) is 6.25. The maximum Gasteiger partial charge on any atom is 0.312 e. The third-order valence-corrected chi connectivity index (χ3v) is 3.17. The maximum absolute atomic E-state index is 11.6. The molecule has 0 saturated carbocycles. The predicted molar refractivity (Wildman–Crippen MR) is 73.4 cm³/mol. The normalized spacial score (nSPS) is 13.2. The molecule has 100 valence electrons. The molecule has 1 atom stereocenters. The fourth-order valence-corrected chi connectivity index (χ4v) is 1.73. The number of ether oxygens (including phenoxy) is 1. The smallest absolute Gasteiger partial charge is 0.312 e. The van der Waals surface area contributed by atoms with Gasteiger partial charge in [-0.3, -0.25) is 4.79 Å². The molecule has 0 saturated heterocycles. The van der Waals surface area contributed by atoms with E-state index in [1.807, 2.05) is 13.8 Å². The highest BCUT2D eigenvalue weighted by molar-refractivity contribution is 5.76. The first-order valence-electron chi connectivity index (χ1n) is 6.25. The molecular weight excluding hydrogens is 226 g/mol. The standard InChI is InChI=1S/C15H23NO2/c1-11-6-8-13(9-7-11)12(2)16-10-15(3,4)14(17)18-5/h6-9,12,16H,10H2,1-5H3/t12-/m0/s1. The Hall–Kier alpha value is -1.35.